The Morgan fingerprint density at radius 2 is 1.94 bits per heavy atom. The van der Waals surface area contributed by atoms with Crippen LogP contribution in [0.1, 0.15) is 12.0 Å². The lowest BCUT2D eigenvalue weighted by molar-refractivity contribution is -0.117. The van der Waals surface area contributed by atoms with E-state index >= 15 is 0 Å². The third kappa shape index (κ3) is 2.45. The molecule has 1 aliphatic rings. The van der Waals surface area contributed by atoms with Gasteiger partial charge in [0.25, 0.3) is 0 Å². The van der Waals surface area contributed by atoms with Crippen LogP contribution in [0, 0.1) is 11.6 Å². The number of carbonyl (C=O) groups excluding carboxylic acids is 1. The number of halogens is 2. The summed E-state index contributed by atoms with van der Waals surface area (Å²) in [4.78, 5) is 11.6. The Bertz CT molecular complexity index is 432. The molecule has 1 aromatic carbocycles. The molecule has 0 saturated carbocycles. The summed E-state index contributed by atoms with van der Waals surface area (Å²) in [6.07, 6.45) is 2.36. The molecule has 0 saturated heterocycles. The van der Waals surface area contributed by atoms with Crippen molar-refractivity contribution in [2.24, 2.45) is 0 Å². The molecule has 2 rings (SSSR count). The molecule has 0 aromatic heterocycles. The van der Waals surface area contributed by atoms with Crippen molar-refractivity contribution in [1.82, 2.24) is 0 Å². The van der Waals surface area contributed by atoms with E-state index in [0.29, 0.717) is 24.4 Å². The van der Waals surface area contributed by atoms with Crippen molar-refractivity contribution in [3.63, 3.8) is 0 Å². The number of ketones is 1. The highest BCUT2D eigenvalue weighted by Crippen LogP contribution is 2.15. The van der Waals surface area contributed by atoms with E-state index < -0.39 is 11.6 Å². The van der Waals surface area contributed by atoms with E-state index in [1.54, 1.807) is 6.08 Å². The van der Waals surface area contributed by atoms with Gasteiger partial charge in [-0.25, -0.2) is 8.78 Å². The van der Waals surface area contributed by atoms with Crippen LogP contribution in [0.5, 0.6) is 0 Å². The van der Waals surface area contributed by atoms with E-state index in [1.165, 1.54) is 0 Å². The topological polar surface area (TPSA) is 26.3 Å². The fraction of sp³-hybridized carbons (Fsp3) is 0.250. The minimum atomic E-state index is -0.677. The maximum atomic E-state index is 12.9. The van der Waals surface area contributed by atoms with Crippen LogP contribution in [-0.4, -0.2) is 12.4 Å². The predicted octanol–water partition coefficient (Wildman–Crippen LogP) is 2.38. The lowest BCUT2D eigenvalue weighted by atomic mass is 10.1. The van der Waals surface area contributed by atoms with Gasteiger partial charge in [0.15, 0.2) is 5.76 Å². The van der Waals surface area contributed by atoms with Crippen molar-refractivity contribution >= 4 is 5.78 Å². The molecular formula is C12H10F2O2. The molecule has 0 aliphatic carbocycles. The average Bonchev–Trinajstić information content (AvgIpc) is 2.68. The third-order valence-electron chi connectivity index (χ3n) is 2.27. The second-order valence-electron chi connectivity index (χ2n) is 3.58. The number of ether oxygens (including phenoxy) is 1. The van der Waals surface area contributed by atoms with Crippen LogP contribution < -0.4 is 0 Å². The zero-order chi connectivity index (χ0) is 11.5. The van der Waals surface area contributed by atoms with E-state index in [-0.39, 0.29) is 12.2 Å². The summed E-state index contributed by atoms with van der Waals surface area (Å²) < 4.78 is 30.8. The first-order chi connectivity index (χ1) is 7.65. The molecule has 1 heterocycles. The SMILES string of the molecule is O=C(Cc1cc(F)cc(F)c1)C1=CCCO1. The highest BCUT2D eigenvalue weighted by atomic mass is 19.1. The number of benzene rings is 1. The Labute approximate surface area is 91.5 Å². The van der Waals surface area contributed by atoms with Crippen LogP contribution in [0.4, 0.5) is 8.78 Å². The highest BCUT2D eigenvalue weighted by molar-refractivity contribution is 5.95. The molecule has 2 nitrogen and oxygen atoms in total. The van der Waals surface area contributed by atoms with Crippen LogP contribution in [0.15, 0.2) is 30.0 Å². The van der Waals surface area contributed by atoms with Crippen molar-refractivity contribution in [3.8, 4) is 0 Å². The van der Waals surface area contributed by atoms with E-state index in [9.17, 15) is 13.6 Å². The van der Waals surface area contributed by atoms with Crippen LogP contribution in [0.25, 0.3) is 0 Å². The van der Waals surface area contributed by atoms with Gasteiger partial charge in [-0.1, -0.05) is 0 Å². The molecule has 0 unspecified atom stereocenters. The van der Waals surface area contributed by atoms with Gasteiger partial charge in [-0.15, -0.1) is 0 Å². The summed E-state index contributed by atoms with van der Waals surface area (Å²) in [5.74, 6) is -1.31. The van der Waals surface area contributed by atoms with Crippen molar-refractivity contribution in [1.29, 1.82) is 0 Å². The van der Waals surface area contributed by atoms with Gasteiger partial charge >= 0.3 is 0 Å². The molecule has 0 bridgehead atoms. The summed E-state index contributed by atoms with van der Waals surface area (Å²) >= 11 is 0. The lowest BCUT2D eigenvalue weighted by Crippen LogP contribution is -2.07. The van der Waals surface area contributed by atoms with Gasteiger partial charge in [-0.3, -0.25) is 4.79 Å². The maximum absolute atomic E-state index is 12.9. The van der Waals surface area contributed by atoms with Gasteiger partial charge < -0.3 is 4.74 Å². The molecule has 0 spiro atoms. The summed E-state index contributed by atoms with van der Waals surface area (Å²) in [6, 6.07) is 3.08. The van der Waals surface area contributed by atoms with Crippen molar-refractivity contribution in [2.75, 3.05) is 6.61 Å². The fourth-order valence-electron chi connectivity index (χ4n) is 1.60. The molecule has 0 N–H and O–H groups in total. The first-order valence-corrected chi connectivity index (χ1v) is 4.96. The van der Waals surface area contributed by atoms with Gasteiger partial charge in [0.1, 0.15) is 11.6 Å². The van der Waals surface area contributed by atoms with Gasteiger partial charge in [0.2, 0.25) is 5.78 Å². The second kappa shape index (κ2) is 4.43. The van der Waals surface area contributed by atoms with E-state index in [4.69, 9.17) is 4.74 Å². The smallest absolute Gasteiger partial charge is 0.201 e. The van der Waals surface area contributed by atoms with Gasteiger partial charge in [-0.2, -0.15) is 0 Å². The lowest BCUT2D eigenvalue weighted by Gasteiger charge is -2.03. The predicted molar refractivity (Wildman–Crippen MR) is 53.7 cm³/mol. The number of allylic oxidation sites excluding steroid dienone is 1. The normalized spacial score (nSPS) is 14.5. The quantitative estimate of drug-likeness (QED) is 0.787. The van der Waals surface area contributed by atoms with E-state index in [2.05, 4.69) is 0 Å². The summed E-state index contributed by atoms with van der Waals surface area (Å²) in [5, 5.41) is 0. The Kier molecular flexibility index (Phi) is 2.99. The maximum Gasteiger partial charge on any atom is 0.201 e. The van der Waals surface area contributed by atoms with Crippen molar-refractivity contribution in [2.45, 2.75) is 12.8 Å². The molecular weight excluding hydrogens is 214 g/mol. The number of hydrogen-bond acceptors (Lipinski definition) is 2. The Balaban J connectivity index is 2.11. The molecule has 0 fully saturated rings. The monoisotopic (exact) mass is 224 g/mol. The standard InChI is InChI=1S/C12H10F2O2/c13-9-4-8(5-10(14)7-9)6-11(15)12-2-1-3-16-12/h2,4-5,7H,1,3,6H2. The summed E-state index contributed by atoms with van der Waals surface area (Å²) in [5.41, 5.74) is 0.318. The minimum Gasteiger partial charge on any atom is -0.490 e. The molecule has 1 aromatic rings. The largest absolute Gasteiger partial charge is 0.490 e. The third-order valence-corrected chi connectivity index (χ3v) is 2.27. The number of carbonyl (C=O) groups is 1. The Hall–Kier alpha value is -1.71. The molecule has 0 atom stereocenters. The molecule has 4 heteroatoms. The second-order valence-corrected chi connectivity index (χ2v) is 3.58. The molecule has 1 aliphatic heterocycles. The number of rotatable bonds is 3. The molecule has 0 radical (unpaired) electrons. The van der Waals surface area contributed by atoms with Crippen LogP contribution in [0.2, 0.25) is 0 Å². The number of hydrogen-bond donors (Lipinski definition) is 0. The zero-order valence-corrected chi connectivity index (χ0v) is 8.50. The molecule has 84 valence electrons. The van der Waals surface area contributed by atoms with Crippen LogP contribution in [0.3, 0.4) is 0 Å². The highest BCUT2D eigenvalue weighted by Gasteiger charge is 2.15. The van der Waals surface area contributed by atoms with Crippen LogP contribution >= 0.6 is 0 Å². The van der Waals surface area contributed by atoms with Crippen molar-refractivity contribution in [3.05, 3.63) is 47.2 Å². The van der Waals surface area contributed by atoms with Crippen LogP contribution in [-0.2, 0) is 16.0 Å². The zero-order valence-electron chi connectivity index (χ0n) is 8.50. The first-order valence-electron chi connectivity index (χ1n) is 4.96. The first kappa shape index (κ1) is 10.8. The minimum absolute atomic E-state index is 0.0412. The molecule has 0 amide bonds. The Morgan fingerprint density at radius 1 is 1.25 bits per heavy atom. The van der Waals surface area contributed by atoms with E-state index in [1.807, 2.05) is 0 Å². The van der Waals surface area contributed by atoms with Gasteiger partial charge in [0.05, 0.1) is 6.61 Å². The molecule has 16 heavy (non-hydrogen) atoms. The summed E-state index contributed by atoms with van der Waals surface area (Å²) in [6.45, 7) is 0.499. The average molecular weight is 224 g/mol. The van der Waals surface area contributed by atoms with E-state index in [0.717, 1.165) is 18.2 Å². The van der Waals surface area contributed by atoms with Crippen molar-refractivity contribution < 1.29 is 18.3 Å². The summed E-state index contributed by atoms with van der Waals surface area (Å²) in [7, 11) is 0. The fourth-order valence-corrected chi connectivity index (χ4v) is 1.60. The number of Topliss-reactive ketones (excluding diaryl/α,β-unsaturated/α-hetero) is 1. The Morgan fingerprint density at radius 3 is 2.50 bits per heavy atom. The van der Waals surface area contributed by atoms with Gasteiger partial charge in [0, 0.05) is 18.9 Å². The van der Waals surface area contributed by atoms with Gasteiger partial charge in [-0.05, 0) is 23.8 Å².